The monoisotopic (exact) mass is 474 g/mol. The molecule has 0 aromatic rings. The second-order valence-corrected chi connectivity index (χ2v) is 8.23. The number of aliphatic carboxylic acids is 2. The van der Waals surface area contributed by atoms with Gasteiger partial charge in [0.1, 0.15) is 12.7 Å². The number of aliphatic hydroxyl groups excluding tert-OH is 2. The Morgan fingerprint density at radius 3 is 1.39 bits per heavy atom. The predicted molar refractivity (Wildman–Crippen MR) is 128 cm³/mol. The largest absolute Gasteiger partial charge is 0.478 e. The number of unbranched alkanes of at least 4 members (excludes halogenated alkanes) is 14. The molecule has 0 fully saturated rings. The molecule has 8 heteroatoms. The van der Waals surface area contributed by atoms with Gasteiger partial charge in [0.15, 0.2) is 0 Å². The normalized spacial score (nSPS) is 11.6. The van der Waals surface area contributed by atoms with Gasteiger partial charge in [0.05, 0.1) is 6.61 Å². The summed E-state index contributed by atoms with van der Waals surface area (Å²) in [6.07, 6.45) is 20.1. The number of carboxylic acid groups (broad SMARTS) is 2. The van der Waals surface area contributed by atoms with Gasteiger partial charge in [-0.25, -0.2) is 9.59 Å². The van der Waals surface area contributed by atoms with Crippen LogP contribution in [0.25, 0.3) is 0 Å². The predicted octanol–water partition coefficient (Wildman–Crippen LogP) is 4.86. The molecule has 0 bridgehead atoms. The Kier molecular flexibility index (Phi) is 26.5. The van der Waals surface area contributed by atoms with Gasteiger partial charge in [-0.3, -0.25) is 4.79 Å². The van der Waals surface area contributed by atoms with Crippen molar-refractivity contribution in [3.05, 3.63) is 12.2 Å². The van der Waals surface area contributed by atoms with Gasteiger partial charge in [-0.2, -0.15) is 0 Å². The van der Waals surface area contributed by atoms with E-state index >= 15 is 0 Å². The molecular weight excluding hydrogens is 428 g/mol. The molecule has 0 spiro atoms. The zero-order valence-electron chi connectivity index (χ0n) is 20.4. The quantitative estimate of drug-likeness (QED) is 0.105. The fraction of sp³-hybridized carbons (Fsp3) is 0.800. The number of carbonyl (C=O) groups excluding carboxylic acids is 1. The van der Waals surface area contributed by atoms with Crippen molar-refractivity contribution in [1.82, 2.24) is 0 Å². The Bertz CT molecular complexity index is 489. The van der Waals surface area contributed by atoms with Gasteiger partial charge in [-0.05, 0) is 6.42 Å². The van der Waals surface area contributed by atoms with E-state index < -0.39 is 18.0 Å². The van der Waals surface area contributed by atoms with Gasteiger partial charge in [0.25, 0.3) is 0 Å². The Morgan fingerprint density at radius 2 is 1.06 bits per heavy atom. The summed E-state index contributed by atoms with van der Waals surface area (Å²) in [5.41, 5.74) is 0. The third-order valence-electron chi connectivity index (χ3n) is 5.00. The van der Waals surface area contributed by atoms with Crippen molar-refractivity contribution in [3.63, 3.8) is 0 Å². The Balaban J connectivity index is 0. The highest BCUT2D eigenvalue weighted by molar-refractivity contribution is 5.89. The first-order valence-corrected chi connectivity index (χ1v) is 12.4. The van der Waals surface area contributed by atoms with Gasteiger partial charge >= 0.3 is 17.9 Å². The zero-order chi connectivity index (χ0) is 25.2. The van der Waals surface area contributed by atoms with Gasteiger partial charge in [-0.1, -0.05) is 96.8 Å². The number of rotatable bonds is 21. The minimum Gasteiger partial charge on any atom is -0.478 e. The van der Waals surface area contributed by atoms with Crippen molar-refractivity contribution in [1.29, 1.82) is 0 Å². The summed E-state index contributed by atoms with van der Waals surface area (Å²) >= 11 is 0. The summed E-state index contributed by atoms with van der Waals surface area (Å²) < 4.78 is 4.86. The van der Waals surface area contributed by atoms with Crippen molar-refractivity contribution in [2.24, 2.45) is 0 Å². The molecule has 0 radical (unpaired) electrons. The van der Waals surface area contributed by atoms with Crippen LogP contribution in [0.15, 0.2) is 12.2 Å². The first-order valence-electron chi connectivity index (χ1n) is 12.4. The second-order valence-electron chi connectivity index (χ2n) is 8.23. The average Bonchev–Trinajstić information content (AvgIpc) is 2.79. The van der Waals surface area contributed by atoms with Crippen LogP contribution in [0.3, 0.4) is 0 Å². The van der Waals surface area contributed by atoms with Crippen LogP contribution in [0.4, 0.5) is 0 Å². The maximum absolute atomic E-state index is 11.4. The van der Waals surface area contributed by atoms with Crippen LogP contribution in [0.2, 0.25) is 0 Å². The lowest BCUT2D eigenvalue weighted by Crippen LogP contribution is -2.21. The summed E-state index contributed by atoms with van der Waals surface area (Å²) in [4.78, 5) is 30.5. The summed E-state index contributed by atoms with van der Waals surface area (Å²) in [6.45, 7) is 1.79. The molecule has 1 atom stereocenters. The number of carbonyl (C=O) groups is 3. The third kappa shape index (κ3) is 32.3. The second kappa shape index (κ2) is 26.3. The van der Waals surface area contributed by atoms with Gasteiger partial charge < -0.3 is 25.2 Å². The molecule has 0 aliphatic heterocycles. The molecule has 194 valence electrons. The first kappa shape index (κ1) is 33.2. The molecule has 0 aliphatic rings. The van der Waals surface area contributed by atoms with Gasteiger partial charge in [0, 0.05) is 18.6 Å². The average molecular weight is 475 g/mol. The summed E-state index contributed by atoms with van der Waals surface area (Å²) in [5.74, 6) is -2.79. The summed E-state index contributed by atoms with van der Waals surface area (Å²) in [7, 11) is 0. The minimum absolute atomic E-state index is 0.103. The van der Waals surface area contributed by atoms with Crippen LogP contribution in [0.1, 0.15) is 110 Å². The van der Waals surface area contributed by atoms with Crippen LogP contribution in [-0.4, -0.2) is 57.7 Å². The van der Waals surface area contributed by atoms with Crippen LogP contribution in [-0.2, 0) is 19.1 Å². The van der Waals surface area contributed by atoms with Crippen LogP contribution < -0.4 is 0 Å². The van der Waals surface area contributed by atoms with Crippen LogP contribution >= 0.6 is 0 Å². The number of hydrogen-bond acceptors (Lipinski definition) is 6. The van der Waals surface area contributed by atoms with Crippen molar-refractivity contribution < 1.29 is 39.5 Å². The molecule has 4 N–H and O–H groups in total. The molecular formula is C25H46O8. The van der Waals surface area contributed by atoms with E-state index in [2.05, 4.69) is 6.92 Å². The maximum Gasteiger partial charge on any atom is 0.328 e. The highest BCUT2D eigenvalue weighted by atomic mass is 16.5. The topological polar surface area (TPSA) is 141 Å². The SMILES string of the molecule is CCCCCCCCCCCCCCCCCC(=O)OCC(O)CO.O=C(O)/C=C\C(=O)O. The van der Waals surface area contributed by atoms with E-state index in [1.807, 2.05) is 0 Å². The maximum atomic E-state index is 11.4. The molecule has 0 amide bonds. The smallest absolute Gasteiger partial charge is 0.328 e. The fourth-order valence-corrected chi connectivity index (χ4v) is 3.10. The standard InChI is InChI=1S/C21H42O4.C4H4O4/c1-2-3-4-5-6-7-8-9-10-11-12-13-14-15-16-17-21(24)25-19-20(23)18-22;5-3(6)1-2-4(7)8/h20,22-23H,2-19H2,1H3;1-2H,(H,5,6)(H,7,8)/b;2-1-. The Labute approximate surface area is 199 Å². The summed E-state index contributed by atoms with van der Waals surface area (Å²) in [5, 5.41) is 33.3. The minimum atomic E-state index is -1.26. The molecule has 0 saturated carbocycles. The van der Waals surface area contributed by atoms with Crippen LogP contribution in [0, 0.1) is 0 Å². The van der Waals surface area contributed by atoms with E-state index in [0.29, 0.717) is 18.6 Å². The molecule has 8 nitrogen and oxygen atoms in total. The Hall–Kier alpha value is -1.93. The number of hydrogen-bond donors (Lipinski definition) is 4. The lowest BCUT2D eigenvalue weighted by molar-refractivity contribution is -0.147. The molecule has 0 aromatic heterocycles. The van der Waals surface area contributed by atoms with Crippen molar-refractivity contribution in [2.45, 2.75) is 116 Å². The zero-order valence-corrected chi connectivity index (χ0v) is 20.4. The molecule has 33 heavy (non-hydrogen) atoms. The highest BCUT2D eigenvalue weighted by Gasteiger charge is 2.07. The third-order valence-corrected chi connectivity index (χ3v) is 5.00. The molecule has 0 heterocycles. The van der Waals surface area contributed by atoms with Crippen LogP contribution in [0.5, 0.6) is 0 Å². The molecule has 0 aliphatic carbocycles. The van der Waals surface area contributed by atoms with Crippen molar-refractivity contribution in [3.8, 4) is 0 Å². The number of esters is 1. The molecule has 0 rings (SSSR count). The van der Waals surface area contributed by atoms with Gasteiger partial charge in [-0.15, -0.1) is 0 Å². The van der Waals surface area contributed by atoms with Crippen molar-refractivity contribution >= 4 is 17.9 Å². The molecule has 0 saturated heterocycles. The van der Waals surface area contributed by atoms with E-state index in [0.717, 1.165) is 12.8 Å². The lowest BCUT2D eigenvalue weighted by Gasteiger charge is -2.08. The number of ether oxygens (including phenoxy) is 1. The highest BCUT2D eigenvalue weighted by Crippen LogP contribution is 2.13. The van der Waals surface area contributed by atoms with E-state index in [9.17, 15) is 14.4 Å². The van der Waals surface area contributed by atoms with Gasteiger partial charge in [0.2, 0.25) is 0 Å². The molecule has 1 unspecified atom stereocenters. The number of carboxylic acids is 2. The Morgan fingerprint density at radius 1 is 0.697 bits per heavy atom. The summed E-state index contributed by atoms with van der Waals surface area (Å²) in [6, 6.07) is 0. The van der Waals surface area contributed by atoms with Crippen molar-refractivity contribution in [2.75, 3.05) is 13.2 Å². The fourth-order valence-electron chi connectivity index (χ4n) is 3.10. The number of aliphatic hydroxyl groups is 2. The lowest BCUT2D eigenvalue weighted by atomic mass is 10.0. The van der Waals surface area contributed by atoms with E-state index in [1.54, 1.807) is 0 Å². The van der Waals surface area contributed by atoms with E-state index in [4.69, 9.17) is 25.2 Å². The molecule has 0 aromatic carbocycles. The first-order chi connectivity index (χ1) is 15.8. The van der Waals surface area contributed by atoms with E-state index in [1.165, 1.54) is 83.5 Å². The van der Waals surface area contributed by atoms with E-state index in [-0.39, 0.29) is 19.2 Å².